The Morgan fingerprint density at radius 3 is 2.64 bits per heavy atom. The number of aryl methyl sites for hydroxylation is 1. The molecule has 6 heteroatoms. The Morgan fingerprint density at radius 1 is 1.36 bits per heavy atom. The maximum Gasteiger partial charge on any atom is 0.256 e. The van der Waals surface area contributed by atoms with Crippen LogP contribution in [-0.2, 0) is 4.79 Å². The lowest BCUT2D eigenvalue weighted by Gasteiger charge is -2.26. The minimum Gasteiger partial charge on any atom is -0.368 e. The number of aromatic nitrogens is 2. The van der Waals surface area contributed by atoms with E-state index in [-0.39, 0.29) is 18.5 Å². The third kappa shape index (κ3) is 3.33. The highest BCUT2D eigenvalue weighted by atomic mass is 16.2. The van der Waals surface area contributed by atoms with Crippen LogP contribution in [0.25, 0.3) is 5.69 Å². The minimum absolute atomic E-state index is 0.103. The lowest BCUT2D eigenvalue weighted by Crippen LogP contribution is -2.43. The van der Waals surface area contributed by atoms with Gasteiger partial charge in [0.25, 0.3) is 5.91 Å². The molecule has 0 saturated heterocycles. The fourth-order valence-corrected chi connectivity index (χ4v) is 2.26. The quantitative estimate of drug-likeness (QED) is 0.909. The molecule has 1 heterocycles. The van der Waals surface area contributed by atoms with E-state index in [0.29, 0.717) is 5.56 Å². The molecule has 2 amide bonds. The van der Waals surface area contributed by atoms with E-state index in [4.69, 9.17) is 5.73 Å². The van der Waals surface area contributed by atoms with Gasteiger partial charge in [0.1, 0.15) is 0 Å². The van der Waals surface area contributed by atoms with E-state index in [9.17, 15) is 9.59 Å². The van der Waals surface area contributed by atoms with Crippen molar-refractivity contribution in [3.63, 3.8) is 0 Å². The Morgan fingerprint density at radius 2 is 2.09 bits per heavy atom. The minimum atomic E-state index is -0.529. The fourth-order valence-electron chi connectivity index (χ4n) is 2.26. The average molecular weight is 300 g/mol. The number of amides is 2. The predicted octanol–water partition coefficient (Wildman–Crippen LogP) is 1.52. The van der Waals surface area contributed by atoms with Gasteiger partial charge in [0, 0.05) is 18.4 Å². The van der Waals surface area contributed by atoms with Crippen LogP contribution in [0, 0.1) is 6.92 Å². The molecule has 116 valence electrons. The summed E-state index contributed by atoms with van der Waals surface area (Å²) in [6.45, 7) is 5.52. The summed E-state index contributed by atoms with van der Waals surface area (Å²) in [5, 5.41) is 0. The van der Waals surface area contributed by atoms with Gasteiger partial charge in [0.2, 0.25) is 5.91 Å². The standard InChI is InChI=1S/C16H20N4O2/c1-11(2)20(9-15(17)21)16(22)13-8-12(3)4-5-14(13)19-7-6-18-10-19/h4-8,10-11H,9H2,1-3H3,(H2,17,21). The van der Waals surface area contributed by atoms with Crippen LogP contribution < -0.4 is 5.73 Å². The van der Waals surface area contributed by atoms with E-state index in [2.05, 4.69) is 4.98 Å². The molecule has 1 aromatic carbocycles. The third-order valence-electron chi connectivity index (χ3n) is 3.38. The molecule has 0 radical (unpaired) electrons. The lowest BCUT2D eigenvalue weighted by molar-refractivity contribution is -0.119. The van der Waals surface area contributed by atoms with Crippen molar-refractivity contribution in [1.29, 1.82) is 0 Å². The van der Waals surface area contributed by atoms with E-state index in [0.717, 1.165) is 11.3 Å². The van der Waals surface area contributed by atoms with Crippen LogP contribution in [0.1, 0.15) is 29.8 Å². The largest absolute Gasteiger partial charge is 0.368 e. The second kappa shape index (κ2) is 6.43. The lowest BCUT2D eigenvalue weighted by atomic mass is 10.1. The number of primary amides is 1. The summed E-state index contributed by atoms with van der Waals surface area (Å²) in [4.78, 5) is 29.6. The van der Waals surface area contributed by atoms with Gasteiger partial charge in [-0.25, -0.2) is 4.98 Å². The Balaban J connectivity index is 2.48. The molecular weight excluding hydrogens is 280 g/mol. The van der Waals surface area contributed by atoms with Crippen LogP contribution in [0.2, 0.25) is 0 Å². The van der Waals surface area contributed by atoms with E-state index in [1.807, 2.05) is 39.0 Å². The molecule has 0 aliphatic carbocycles. The van der Waals surface area contributed by atoms with Crippen molar-refractivity contribution in [3.05, 3.63) is 48.0 Å². The molecule has 2 N–H and O–H groups in total. The first kappa shape index (κ1) is 15.8. The monoisotopic (exact) mass is 300 g/mol. The third-order valence-corrected chi connectivity index (χ3v) is 3.38. The van der Waals surface area contributed by atoms with Crippen LogP contribution in [0.3, 0.4) is 0 Å². The molecule has 2 aromatic rings. The van der Waals surface area contributed by atoms with Gasteiger partial charge in [-0.2, -0.15) is 0 Å². The molecule has 2 rings (SSSR count). The first-order valence-electron chi connectivity index (χ1n) is 7.08. The number of nitrogens with two attached hydrogens (primary N) is 1. The highest BCUT2D eigenvalue weighted by Crippen LogP contribution is 2.19. The summed E-state index contributed by atoms with van der Waals surface area (Å²) in [5.41, 5.74) is 7.48. The molecule has 0 fully saturated rings. The molecule has 0 aliphatic heterocycles. The maximum atomic E-state index is 12.9. The normalized spacial score (nSPS) is 10.7. The van der Waals surface area contributed by atoms with Crippen LogP contribution in [0.4, 0.5) is 0 Å². The first-order chi connectivity index (χ1) is 10.4. The van der Waals surface area contributed by atoms with Gasteiger partial charge >= 0.3 is 0 Å². The van der Waals surface area contributed by atoms with Crippen molar-refractivity contribution in [3.8, 4) is 5.69 Å². The molecule has 0 atom stereocenters. The number of hydrogen-bond donors (Lipinski definition) is 1. The zero-order valence-electron chi connectivity index (χ0n) is 13.0. The molecule has 0 saturated carbocycles. The number of carbonyl (C=O) groups excluding carboxylic acids is 2. The number of benzene rings is 1. The molecule has 0 bridgehead atoms. The van der Waals surface area contributed by atoms with Crippen molar-refractivity contribution in [1.82, 2.24) is 14.5 Å². The number of rotatable bonds is 5. The summed E-state index contributed by atoms with van der Waals surface area (Å²) in [6.07, 6.45) is 5.06. The molecular formula is C16H20N4O2. The molecule has 22 heavy (non-hydrogen) atoms. The van der Waals surface area contributed by atoms with Crippen molar-refractivity contribution >= 4 is 11.8 Å². The Labute approximate surface area is 129 Å². The summed E-state index contributed by atoms with van der Waals surface area (Å²) in [6, 6.07) is 5.48. The van der Waals surface area contributed by atoms with Crippen LogP contribution in [0.5, 0.6) is 0 Å². The van der Waals surface area contributed by atoms with Crippen molar-refractivity contribution in [2.24, 2.45) is 5.73 Å². The second-order valence-electron chi connectivity index (χ2n) is 5.48. The van der Waals surface area contributed by atoms with E-state index in [1.54, 1.807) is 23.3 Å². The summed E-state index contributed by atoms with van der Waals surface area (Å²) in [5.74, 6) is -0.750. The zero-order valence-corrected chi connectivity index (χ0v) is 13.0. The van der Waals surface area contributed by atoms with Gasteiger partial charge in [-0.3, -0.25) is 9.59 Å². The van der Waals surface area contributed by atoms with Gasteiger partial charge in [0.05, 0.1) is 24.1 Å². The van der Waals surface area contributed by atoms with Crippen LogP contribution in [0.15, 0.2) is 36.9 Å². The van der Waals surface area contributed by atoms with Crippen molar-refractivity contribution in [2.75, 3.05) is 6.54 Å². The molecule has 0 unspecified atom stereocenters. The number of carbonyl (C=O) groups is 2. The van der Waals surface area contributed by atoms with Crippen molar-refractivity contribution < 1.29 is 9.59 Å². The van der Waals surface area contributed by atoms with E-state index < -0.39 is 5.91 Å². The van der Waals surface area contributed by atoms with Gasteiger partial charge in [-0.15, -0.1) is 0 Å². The summed E-state index contributed by atoms with van der Waals surface area (Å²) >= 11 is 0. The molecule has 6 nitrogen and oxygen atoms in total. The Hall–Kier alpha value is -2.63. The SMILES string of the molecule is Cc1ccc(-n2ccnc2)c(C(=O)N(CC(N)=O)C(C)C)c1. The van der Waals surface area contributed by atoms with Gasteiger partial charge < -0.3 is 15.2 Å². The molecule has 0 spiro atoms. The Bertz CT molecular complexity index is 677. The highest BCUT2D eigenvalue weighted by molar-refractivity contribution is 5.99. The van der Waals surface area contributed by atoms with Crippen LogP contribution >= 0.6 is 0 Å². The van der Waals surface area contributed by atoms with Gasteiger partial charge in [-0.1, -0.05) is 11.6 Å². The predicted molar refractivity (Wildman–Crippen MR) is 83.7 cm³/mol. The Kier molecular flexibility index (Phi) is 4.60. The van der Waals surface area contributed by atoms with E-state index >= 15 is 0 Å². The van der Waals surface area contributed by atoms with Gasteiger partial charge in [0.15, 0.2) is 0 Å². The molecule has 1 aromatic heterocycles. The zero-order chi connectivity index (χ0) is 16.3. The molecule has 0 aliphatic rings. The average Bonchev–Trinajstić information content (AvgIpc) is 2.97. The first-order valence-corrected chi connectivity index (χ1v) is 7.08. The fraction of sp³-hybridized carbons (Fsp3) is 0.312. The van der Waals surface area contributed by atoms with Crippen molar-refractivity contribution in [2.45, 2.75) is 26.8 Å². The number of nitrogens with zero attached hydrogens (tertiary/aromatic N) is 3. The maximum absolute atomic E-state index is 12.9. The summed E-state index contributed by atoms with van der Waals surface area (Å²) in [7, 11) is 0. The number of hydrogen-bond acceptors (Lipinski definition) is 3. The number of imidazole rings is 1. The van der Waals surface area contributed by atoms with E-state index in [1.165, 1.54) is 4.90 Å². The topological polar surface area (TPSA) is 81.2 Å². The second-order valence-corrected chi connectivity index (χ2v) is 5.48. The summed E-state index contributed by atoms with van der Waals surface area (Å²) < 4.78 is 1.77. The highest BCUT2D eigenvalue weighted by Gasteiger charge is 2.23. The van der Waals surface area contributed by atoms with Crippen LogP contribution in [-0.4, -0.2) is 38.9 Å². The smallest absolute Gasteiger partial charge is 0.256 e. The van der Waals surface area contributed by atoms with Gasteiger partial charge in [-0.05, 0) is 32.9 Å².